The van der Waals surface area contributed by atoms with Crippen LogP contribution in [-0.4, -0.2) is 58.2 Å². The van der Waals surface area contributed by atoms with Crippen molar-refractivity contribution in [2.75, 3.05) is 26.2 Å². The van der Waals surface area contributed by atoms with E-state index < -0.39 is 5.54 Å². The maximum absolute atomic E-state index is 13.6. The van der Waals surface area contributed by atoms with Gasteiger partial charge in [-0.3, -0.25) is 4.79 Å². The van der Waals surface area contributed by atoms with Crippen LogP contribution in [-0.2, 0) is 11.3 Å². The first kappa shape index (κ1) is 21.0. The molecule has 2 saturated heterocycles. The standard InChI is InChI=1S/C26H33N5O/c1-19-7-8-20(2)24(27-12-9-19)30-14-10-26(11-15-30)25(32)31(16-13-29-26)18-21-17-28-23-6-4-3-5-22(21)23/h3-6,9,12,17,20,28-29H,1,7-8,10-11,13-16,18H2,2H3/b12-9-,27-24?. The number of amides is 1. The Hall–Kier alpha value is -2.86. The molecular formula is C26H33N5O. The molecule has 168 valence electrons. The number of nitrogens with one attached hydrogen (secondary N) is 2. The number of nitrogens with zero attached hydrogens (tertiary/aromatic N) is 3. The van der Waals surface area contributed by atoms with Crippen molar-refractivity contribution in [3.05, 3.63) is 60.5 Å². The lowest BCUT2D eigenvalue weighted by Crippen LogP contribution is -2.67. The van der Waals surface area contributed by atoms with E-state index in [4.69, 9.17) is 4.99 Å². The molecule has 1 spiro atoms. The molecule has 6 heteroatoms. The minimum atomic E-state index is -0.448. The summed E-state index contributed by atoms with van der Waals surface area (Å²) in [4.78, 5) is 26.2. The van der Waals surface area contributed by atoms with Gasteiger partial charge in [0.05, 0.1) is 0 Å². The van der Waals surface area contributed by atoms with Gasteiger partial charge in [-0.1, -0.05) is 37.3 Å². The van der Waals surface area contributed by atoms with Gasteiger partial charge < -0.3 is 20.1 Å². The Balaban J connectivity index is 1.29. The van der Waals surface area contributed by atoms with Crippen LogP contribution >= 0.6 is 0 Å². The number of aromatic amines is 1. The van der Waals surface area contributed by atoms with E-state index in [0.717, 1.165) is 68.8 Å². The predicted molar refractivity (Wildman–Crippen MR) is 129 cm³/mol. The highest BCUT2D eigenvalue weighted by Gasteiger charge is 2.46. The number of hydrogen-bond donors (Lipinski definition) is 2. The van der Waals surface area contributed by atoms with Gasteiger partial charge in [-0.2, -0.15) is 0 Å². The molecule has 1 aromatic heterocycles. The molecule has 0 aliphatic carbocycles. The number of fused-ring (bicyclic) bond motifs is 1. The second-order valence-electron chi connectivity index (χ2n) is 9.48. The molecule has 0 bridgehead atoms. The van der Waals surface area contributed by atoms with E-state index in [2.05, 4.69) is 46.9 Å². The average molecular weight is 432 g/mol. The van der Waals surface area contributed by atoms with Crippen LogP contribution in [0.4, 0.5) is 0 Å². The van der Waals surface area contributed by atoms with Gasteiger partial charge in [0.2, 0.25) is 5.91 Å². The molecule has 2 fully saturated rings. The van der Waals surface area contributed by atoms with E-state index in [1.165, 1.54) is 10.9 Å². The number of aliphatic imine (C=N–C) groups is 1. The van der Waals surface area contributed by atoms with Crippen LogP contribution in [0.3, 0.4) is 0 Å². The average Bonchev–Trinajstić information content (AvgIpc) is 3.21. The minimum Gasteiger partial charge on any atom is -0.361 e. The second-order valence-corrected chi connectivity index (χ2v) is 9.48. The quantitative estimate of drug-likeness (QED) is 0.760. The Morgan fingerprint density at radius 1 is 1.22 bits per heavy atom. The summed E-state index contributed by atoms with van der Waals surface area (Å²) in [5.74, 6) is 1.80. The van der Waals surface area contributed by atoms with Crippen LogP contribution in [0.25, 0.3) is 10.9 Å². The van der Waals surface area contributed by atoms with Crippen molar-refractivity contribution in [2.24, 2.45) is 10.9 Å². The molecule has 6 nitrogen and oxygen atoms in total. The topological polar surface area (TPSA) is 63.7 Å². The maximum Gasteiger partial charge on any atom is 0.243 e. The minimum absolute atomic E-state index is 0.248. The Labute approximate surface area is 190 Å². The fraction of sp³-hybridized carbons (Fsp3) is 0.462. The lowest BCUT2D eigenvalue weighted by Gasteiger charge is -2.48. The second kappa shape index (κ2) is 8.58. The molecule has 1 aromatic carbocycles. The van der Waals surface area contributed by atoms with Gasteiger partial charge in [0.15, 0.2) is 0 Å². The number of piperidine rings is 1. The lowest BCUT2D eigenvalue weighted by molar-refractivity contribution is -0.144. The van der Waals surface area contributed by atoms with Crippen LogP contribution in [0.5, 0.6) is 0 Å². The number of hydrogen-bond acceptors (Lipinski definition) is 4. The maximum atomic E-state index is 13.6. The third-order valence-corrected chi connectivity index (χ3v) is 7.38. The molecule has 2 aromatic rings. The molecular weight excluding hydrogens is 398 g/mol. The highest BCUT2D eigenvalue weighted by Crippen LogP contribution is 2.30. The van der Waals surface area contributed by atoms with Crippen LogP contribution in [0.15, 0.2) is 59.9 Å². The summed E-state index contributed by atoms with van der Waals surface area (Å²) in [6.45, 7) is 10.3. The molecule has 5 rings (SSSR count). The number of benzene rings is 1. The summed E-state index contributed by atoms with van der Waals surface area (Å²) in [6.07, 6.45) is 9.68. The summed E-state index contributed by atoms with van der Waals surface area (Å²) in [5.41, 5.74) is 3.01. The third kappa shape index (κ3) is 3.88. The van der Waals surface area contributed by atoms with Gasteiger partial charge in [0.25, 0.3) is 0 Å². The van der Waals surface area contributed by atoms with E-state index in [9.17, 15) is 4.79 Å². The largest absolute Gasteiger partial charge is 0.361 e. The Morgan fingerprint density at radius 3 is 2.88 bits per heavy atom. The number of carbonyl (C=O) groups excluding carboxylic acids is 1. The number of piperazine rings is 1. The van der Waals surface area contributed by atoms with Crippen molar-refractivity contribution in [3.63, 3.8) is 0 Å². The van der Waals surface area contributed by atoms with Crippen molar-refractivity contribution in [2.45, 2.75) is 44.7 Å². The van der Waals surface area contributed by atoms with Crippen molar-refractivity contribution < 1.29 is 4.79 Å². The summed E-state index contributed by atoms with van der Waals surface area (Å²) < 4.78 is 0. The first-order chi connectivity index (χ1) is 15.6. The van der Waals surface area contributed by atoms with Crippen LogP contribution in [0.2, 0.25) is 0 Å². The number of carbonyl (C=O) groups is 1. The fourth-order valence-electron chi connectivity index (χ4n) is 5.39. The SMILES string of the molecule is C=C1/C=C\N=C(N2CCC3(CC2)NCCN(Cc2c[nH]c4ccccc24)C3=O)C(C)CC1. The van der Waals surface area contributed by atoms with Gasteiger partial charge in [-0.15, -0.1) is 0 Å². The van der Waals surface area contributed by atoms with E-state index in [0.29, 0.717) is 12.5 Å². The Morgan fingerprint density at radius 2 is 2.03 bits per heavy atom. The van der Waals surface area contributed by atoms with E-state index in [1.54, 1.807) is 0 Å². The van der Waals surface area contributed by atoms with Crippen molar-refractivity contribution >= 4 is 22.6 Å². The monoisotopic (exact) mass is 431 g/mol. The molecule has 1 unspecified atom stereocenters. The number of aromatic nitrogens is 1. The van der Waals surface area contributed by atoms with E-state index in [1.807, 2.05) is 29.4 Å². The molecule has 0 saturated carbocycles. The molecule has 3 aliphatic heterocycles. The van der Waals surface area contributed by atoms with Crippen LogP contribution < -0.4 is 5.32 Å². The molecule has 3 aliphatic rings. The van der Waals surface area contributed by atoms with Crippen molar-refractivity contribution in [1.82, 2.24) is 20.1 Å². The highest BCUT2D eigenvalue weighted by molar-refractivity contribution is 5.90. The molecule has 1 amide bonds. The predicted octanol–water partition coefficient (Wildman–Crippen LogP) is 3.83. The molecule has 32 heavy (non-hydrogen) atoms. The highest BCUT2D eigenvalue weighted by atomic mass is 16.2. The number of allylic oxidation sites excluding steroid dienone is 2. The number of para-hydroxylation sites is 1. The van der Waals surface area contributed by atoms with Crippen molar-refractivity contribution in [1.29, 1.82) is 0 Å². The summed E-state index contributed by atoms with van der Waals surface area (Å²) in [5, 5.41) is 4.81. The zero-order valence-corrected chi connectivity index (χ0v) is 18.9. The normalized spacial score (nSPS) is 25.0. The Bertz CT molecular complexity index is 1070. The fourth-order valence-corrected chi connectivity index (χ4v) is 5.39. The zero-order valence-electron chi connectivity index (χ0n) is 18.9. The van der Waals surface area contributed by atoms with E-state index in [-0.39, 0.29) is 5.91 Å². The molecule has 4 heterocycles. The Kier molecular flexibility index (Phi) is 5.64. The van der Waals surface area contributed by atoms with Gasteiger partial charge in [-0.05, 0) is 43.4 Å². The van der Waals surface area contributed by atoms with E-state index >= 15 is 0 Å². The zero-order chi connectivity index (χ0) is 22.1. The van der Waals surface area contributed by atoms with Crippen molar-refractivity contribution in [3.8, 4) is 0 Å². The first-order valence-corrected chi connectivity index (χ1v) is 11.8. The van der Waals surface area contributed by atoms with Gasteiger partial charge >= 0.3 is 0 Å². The lowest BCUT2D eigenvalue weighted by atomic mass is 9.83. The summed E-state index contributed by atoms with van der Waals surface area (Å²) in [6, 6.07) is 8.30. The van der Waals surface area contributed by atoms with Gasteiger partial charge in [-0.25, -0.2) is 4.99 Å². The third-order valence-electron chi connectivity index (χ3n) is 7.38. The summed E-state index contributed by atoms with van der Waals surface area (Å²) >= 11 is 0. The van der Waals surface area contributed by atoms with Crippen LogP contribution in [0, 0.1) is 5.92 Å². The smallest absolute Gasteiger partial charge is 0.243 e. The number of likely N-dealkylation sites (tertiary alicyclic amines) is 1. The van der Waals surface area contributed by atoms with Gasteiger partial charge in [0, 0.05) is 61.9 Å². The molecule has 0 radical (unpaired) electrons. The summed E-state index contributed by atoms with van der Waals surface area (Å²) in [7, 11) is 0. The van der Waals surface area contributed by atoms with Gasteiger partial charge in [0.1, 0.15) is 11.4 Å². The number of H-pyrrole nitrogens is 1. The molecule has 2 N–H and O–H groups in total. The number of amidine groups is 1. The molecule has 1 atom stereocenters. The van der Waals surface area contributed by atoms with Crippen LogP contribution in [0.1, 0.15) is 38.2 Å². The first-order valence-electron chi connectivity index (χ1n) is 11.8. The number of rotatable bonds is 2.